The zero-order valence-electron chi connectivity index (χ0n) is 16.5. The number of carbonyl (C=O) groups excluding carboxylic acids is 1. The highest BCUT2D eigenvalue weighted by atomic mass is 19.1. The van der Waals surface area contributed by atoms with Gasteiger partial charge >= 0.3 is 5.97 Å². The van der Waals surface area contributed by atoms with E-state index in [2.05, 4.69) is 25.3 Å². The van der Waals surface area contributed by atoms with E-state index < -0.39 is 11.8 Å². The SMILES string of the molecule is COC(=O)COc1ccc(Nc2ncc(F)c(Nc3ccc(OCC#N)cc3)n2)cc1. The maximum atomic E-state index is 14.1. The number of anilines is 4. The van der Waals surface area contributed by atoms with Gasteiger partial charge in [0.25, 0.3) is 0 Å². The summed E-state index contributed by atoms with van der Waals surface area (Å²) < 4.78 is 29.1. The van der Waals surface area contributed by atoms with Crippen molar-refractivity contribution in [1.29, 1.82) is 5.26 Å². The first kappa shape index (κ1) is 21.3. The Hall–Kier alpha value is -4.39. The first-order chi connectivity index (χ1) is 15.1. The van der Waals surface area contributed by atoms with Crippen molar-refractivity contribution in [3.63, 3.8) is 0 Å². The Morgan fingerprint density at radius 3 is 2.26 bits per heavy atom. The average molecular weight is 423 g/mol. The molecule has 0 aliphatic heterocycles. The van der Waals surface area contributed by atoms with Crippen molar-refractivity contribution in [2.75, 3.05) is 31.0 Å². The topological polar surface area (TPSA) is 118 Å². The number of nitrogens with one attached hydrogen (secondary N) is 2. The van der Waals surface area contributed by atoms with E-state index in [1.54, 1.807) is 48.5 Å². The lowest BCUT2D eigenvalue weighted by Crippen LogP contribution is -2.12. The van der Waals surface area contributed by atoms with Gasteiger partial charge in [0.05, 0.1) is 13.3 Å². The third kappa shape index (κ3) is 6.30. The predicted octanol–water partition coefficient (Wildman–Crippen LogP) is 3.56. The molecule has 0 spiro atoms. The maximum absolute atomic E-state index is 14.1. The average Bonchev–Trinajstić information content (AvgIpc) is 2.80. The number of aromatic nitrogens is 2. The minimum absolute atomic E-state index is 0.0128. The third-order valence-corrected chi connectivity index (χ3v) is 3.86. The van der Waals surface area contributed by atoms with E-state index in [4.69, 9.17) is 14.7 Å². The van der Waals surface area contributed by atoms with Crippen molar-refractivity contribution >= 4 is 29.1 Å². The van der Waals surface area contributed by atoms with Crippen molar-refractivity contribution < 1.29 is 23.4 Å². The summed E-state index contributed by atoms with van der Waals surface area (Å²) in [6, 6.07) is 15.3. The molecule has 31 heavy (non-hydrogen) atoms. The van der Waals surface area contributed by atoms with Gasteiger partial charge in [0.15, 0.2) is 24.8 Å². The molecule has 0 atom stereocenters. The Balaban J connectivity index is 1.64. The van der Waals surface area contributed by atoms with E-state index in [0.29, 0.717) is 22.9 Å². The van der Waals surface area contributed by atoms with E-state index in [-0.39, 0.29) is 25.0 Å². The number of hydrogen-bond donors (Lipinski definition) is 2. The van der Waals surface area contributed by atoms with Gasteiger partial charge in [0, 0.05) is 11.4 Å². The zero-order valence-corrected chi connectivity index (χ0v) is 16.5. The van der Waals surface area contributed by atoms with Gasteiger partial charge in [-0.05, 0) is 48.5 Å². The van der Waals surface area contributed by atoms with Crippen LogP contribution in [0.15, 0.2) is 54.7 Å². The Morgan fingerprint density at radius 1 is 1.03 bits per heavy atom. The van der Waals surface area contributed by atoms with Gasteiger partial charge in [-0.25, -0.2) is 14.2 Å². The van der Waals surface area contributed by atoms with Crippen molar-refractivity contribution in [2.45, 2.75) is 0 Å². The molecule has 0 aliphatic rings. The highest BCUT2D eigenvalue weighted by molar-refractivity contribution is 5.71. The molecule has 0 fully saturated rings. The Labute approximate surface area is 177 Å². The smallest absolute Gasteiger partial charge is 0.343 e. The van der Waals surface area contributed by atoms with Crippen molar-refractivity contribution in [3.8, 4) is 17.6 Å². The monoisotopic (exact) mass is 423 g/mol. The van der Waals surface area contributed by atoms with E-state index in [1.807, 2.05) is 6.07 Å². The maximum Gasteiger partial charge on any atom is 0.343 e. The van der Waals surface area contributed by atoms with E-state index in [1.165, 1.54) is 7.11 Å². The molecular weight excluding hydrogens is 405 g/mol. The standard InChI is InChI=1S/C21H18FN5O4/c1-29-19(28)13-31-17-8-4-15(5-9-17)26-21-24-12-18(22)20(27-21)25-14-2-6-16(7-3-14)30-11-10-23/h2-9,12H,11,13H2,1H3,(H2,24,25,26,27). The van der Waals surface area contributed by atoms with Crippen LogP contribution in [0.1, 0.15) is 0 Å². The van der Waals surface area contributed by atoms with Crippen LogP contribution < -0.4 is 20.1 Å². The molecule has 0 radical (unpaired) electrons. The molecule has 1 heterocycles. The number of methoxy groups -OCH3 is 1. The molecule has 0 bridgehead atoms. The second-order valence-corrected chi connectivity index (χ2v) is 6.00. The molecule has 9 nitrogen and oxygen atoms in total. The molecule has 0 amide bonds. The lowest BCUT2D eigenvalue weighted by molar-refractivity contribution is -0.142. The van der Waals surface area contributed by atoms with Gasteiger partial charge in [-0.1, -0.05) is 0 Å². The van der Waals surface area contributed by atoms with Crippen LogP contribution >= 0.6 is 0 Å². The first-order valence-electron chi connectivity index (χ1n) is 9.03. The summed E-state index contributed by atoms with van der Waals surface area (Å²) in [5.74, 6) is 0.0765. The molecule has 3 rings (SSSR count). The van der Waals surface area contributed by atoms with E-state index in [9.17, 15) is 9.18 Å². The number of nitrogens with zero attached hydrogens (tertiary/aromatic N) is 3. The summed E-state index contributed by atoms with van der Waals surface area (Å²) in [7, 11) is 1.28. The Bertz CT molecular complexity index is 1070. The molecule has 3 aromatic rings. The first-order valence-corrected chi connectivity index (χ1v) is 9.03. The lowest BCUT2D eigenvalue weighted by atomic mass is 10.3. The molecule has 0 saturated carbocycles. The molecular formula is C21H18FN5O4. The van der Waals surface area contributed by atoms with Gasteiger partial charge in [0.2, 0.25) is 5.95 Å². The van der Waals surface area contributed by atoms with Gasteiger partial charge < -0.3 is 24.8 Å². The second-order valence-electron chi connectivity index (χ2n) is 6.00. The van der Waals surface area contributed by atoms with Crippen molar-refractivity contribution in [1.82, 2.24) is 9.97 Å². The summed E-state index contributed by atoms with van der Waals surface area (Å²) in [6.45, 7) is -0.245. The lowest BCUT2D eigenvalue weighted by Gasteiger charge is -2.11. The number of rotatable bonds is 9. The number of carbonyl (C=O) groups is 1. The minimum Gasteiger partial charge on any atom is -0.482 e. The summed E-state index contributed by atoms with van der Waals surface area (Å²) in [5, 5.41) is 14.4. The van der Waals surface area contributed by atoms with Crippen molar-refractivity contribution in [3.05, 3.63) is 60.5 Å². The van der Waals surface area contributed by atoms with Gasteiger partial charge in [0.1, 0.15) is 17.6 Å². The van der Waals surface area contributed by atoms with Crippen LogP contribution in [0.25, 0.3) is 0 Å². The van der Waals surface area contributed by atoms with Gasteiger partial charge in [-0.15, -0.1) is 0 Å². The van der Waals surface area contributed by atoms with Crippen LogP contribution in [-0.2, 0) is 9.53 Å². The molecule has 1 aromatic heterocycles. The van der Waals surface area contributed by atoms with E-state index >= 15 is 0 Å². The second kappa shape index (κ2) is 10.4. The summed E-state index contributed by atoms with van der Waals surface area (Å²) in [4.78, 5) is 19.2. The number of halogens is 1. The Kier molecular flexibility index (Phi) is 7.16. The van der Waals surface area contributed by atoms with Crippen LogP contribution in [0, 0.1) is 17.1 Å². The highest BCUT2D eigenvalue weighted by Gasteiger charge is 2.09. The molecule has 2 N–H and O–H groups in total. The number of benzene rings is 2. The van der Waals surface area contributed by atoms with Gasteiger partial charge in [-0.2, -0.15) is 10.2 Å². The molecule has 2 aromatic carbocycles. The molecule has 0 unspecified atom stereocenters. The van der Waals surface area contributed by atoms with Crippen LogP contribution in [0.5, 0.6) is 11.5 Å². The van der Waals surface area contributed by atoms with Crippen LogP contribution in [0.3, 0.4) is 0 Å². The van der Waals surface area contributed by atoms with Crippen LogP contribution in [0.4, 0.5) is 27.5 Å². The van der Waals surface area contributed by atoms with Crippen molar-refractivity contribution in [2.24, 2.45) is 0 Å². The fourth-order valence-corrected chi connectivity index (χ4v) is 2.37. The van der Waals surface area contributed by atoms with Crippen LogP contribution in [-0.4, -0.2) is 36.3 Å². The fraction of sp³-hybridized carbons (Fsp3) is 0.143. The molecule has 10 heteroatoms. The predicted molar refractivity (Wildman–Crippen MR) is 110 cm³/mol. The van der Waals surface area contributed by atoms with Gasteiger partial charge in [-0.3, -0.25) is 0 Å². The van der Waals surface area contributed by atoms with E-state index in [0.717, 1.165) is 6.20 Å². The number of nitriles is 1. The summed E-state index contributed by atoms with van der Waals surface area (Å²) >= 11 is 0. The zero-order chi connectivity index (χ0) is 22.1. The number of hydrogen-bond acceptors (Lipinski definition) is 9. The fourth-order valence-electron chi connectivity index (χ4n) is 2.37. The molecule has 0 aliphatic carbocycles. The third-order valence-electron chi connectivity index (χ3n) is 3.86. The highest BCUT2D eigenvalue weighted by Crippen LogP contribution is 2.23. The Morgan fingerprint density at radius 2 is 1.65 bits per heavy atom. The molecule has 0 saturated heterocycles. The molecule has 158 valence electrons. The largest absolute Gasteiger partial charge is 0.482 e. The number of esters is 1. The summed E-state index contributed by atoms with van der Waals surface area (Å²) in [5.41, 5.74) is 1.22. The number of ether oxygens (including phenoxy) is 3. The minimum atomic E-state index is -0.623. The summed E-state index contributed by atoms with van der Waals surface area (Å²) in [6.07, 6.45) is 1.05. The quantitative estimate of drug-likeness (QED) is 0.498. The van der Waals surface area contributed by atoms with Crippen LogP contribution in [0.2, 0.25) is 0 Å². The normalized spacial score (nSPS) is 9.97.